The molecule has 1 heterocycles. The van der Waals surface area contributed by atoms with Gasteiger partial charge in [0.25, 0.3) is 0 Å². The second kappa shape index (κ2) is 8.13. The molecule has 0 aromatic heterocycles. The molecule has 1 fully saturated rings. The summed E-state index contributed by atoms with van der Waals surface area (Å²) in [5.41, 5.74) is 3.91. The molecular formula is C23H28N2O2. The molecule has 0 spiro atoms. The zero-order valence-corrected chi connectivity index (χ0v) is 16.0. The Morgan fingerprint density at radius 1 is 1.19 bits per heavy atom. The van der Waals surface area contributed by atoms with Crippen molar-refractivity contribution in [2.45, 2.75) is 37.6 Å². The number of ketones is 1. The molecule has 142 valence electrons. The van der Waals surface area contributed by atoms with Crippen LogP contribution in [0.15, 0.2) is 48.5 Å². The van der Waals surface area contributed by atoms with E-state index in [2.05, 4.69) is 46.6 Å². The maximum absolute atomic E-state index is 13.3. The molecule has 1 N–H and O–H groups in total. The van der Waals surface area contributed by atoms with E-state index in [1.165, 1.54) is 17.5 Å². The zero-order chi connectivity index (χ0) is 18.6. The number of aryl methyl sites for hydroxylation is 1. The highest BCUT2D eigenvalue weighted by molar-refractivity contribution is 5.88. The highest BCUT2D eigenvalue weighted by atomic mass is 16.5. The largest absolute Gasteiger partial charge is 0.497 e. The molecule has 1 aliphatic heterocycles. The van der Waals surface area contributed by atoms with Crippen LogP contribution in [0.2, 0.25) is 0 Å². The maximum Gasteiger partial charge on any atom is 0.157 e. The van der Waals surface area contributed by atoms with Gasteiger partial charge in [0.2, 0.25) is 0 Å². The van der Waals surface area contributed by atoms with E-state index < -0.39 is 0 Å². The molecule has 2 aromatic carbocycles. The number of fused-ring (bicyclic) bond motifs is 1. The van der Waals surface area contributed by atoms with Crippen molar-refractivity contribution in [3.8, 4) is 5.75 Å². The van der Waals surface area contributed by atoms with Crippen LogP contribution in [0.1, 0.15) is 36.3 Å². The van der Waals surface area contributed by atoms with E-state index in [9.17, 15) is 4.79 Å². The number of hydrogen-bond donors (Lipinski definition) is 1. The van der Waals surface area contributed by atoms with Crippen molar-refractivity contribution in [3.05, 3.63) is 59.7 Å². The Hall–Kier alpha value is -2.33. The summed E-state index contributed by atoms with van der Waals surface area (Å²) in [4.78, 5) is 15.5. The molecule has 4 heteroatoms. The minimum Gasteiger partial charge on any atom is -0.497 e. The number of hydrogen-bond acceptors (Lipinski definition) is 4. The van der Waals surface area contributed by atoms with Crippen LogP contribution in [0.4, 0.5) is 5.69 Å². The Morgan fingerprint density at radius 2 is 2.00 bits per heavy atom. The fourth-order valence-corrected chi connectivity index (χ4v) is 4.52. The van der Waals surface area contributed by atoms with Gasteiger partial charge in [0.05, 0.1) is 7.11 Å². The molecule has 0 amide bonds. The highest BCUT2D eigenvalue weighted by Crippen LogP contribution is 2.35. The number of Topliss-reactive ketones (excluding diaryl/α,β-unsaturated/α-hetero) is 1. The second-order valence-electron chi connectivity index (χ2n) is 7.57. The molecule has 0 radical (unpaired) electrons. The Balaban J connectivity index is 1.51. The van der Waals surface area contributed by atoms with Crippen molar-refractivity contribution in [1.82, 2.24) is 5.32 Å². The van der Waals surface area contributed by atoms with E-state index in [1.807, 2.05) is 12.1 Å². The number of nitrogens with zero attached hydrogens (tertiary/aromatic N) is 1. The molecule has 2 aromatic rings. The van der Waals surface area contributed by atoms with Crippen molar-refractivity contribution < 1.29 is 9.53 Å². The Labute approximate surface area is 161 Å². The fourth-order valence-electron chi connectivity index (χ4n) is 4.52. The standard InChI is InChI=1S/C23H28N2O2/c1-27-20-11-9-19(10-12-20)25-14-13-24-16-22(25)23(26)15-18-7-4-6-17-5-2-3-8-21(17)18/h2-3,5,8-12,18,22,24H,4,6-7,13-16H2,1H3. The quantitative estimate of drug-likeness (QED) is 0.881. The van der Waals surface area contributed by atoms with Gasteiger partial charge < -0.3 is 15.0 Å². The lowest BCUT2D eigenvalue weighted by molar-refractivity contribution is -0.121. The summed E-state index contributed by atoms with van der Waals surface area (Å²) < 4.78 is 5.27. The molecule has 1 aliphatic carbocycles. The van der Waals surface area contributed by atoms with Crippen molar-refractivity contribution >= 4 is 11.5 Å². The Morgan fingerprint density at radius 3 is 2.81 bits per heavy atom. The third-order valence-electron chi connectivity index (χ3n) is 5.96. The first kappa shape index (κ1) is 18.1. The molecule has 0 saturated carbocycles. The summed E-state index contributed by atoms with van der Waals surface area (Å²) in [6.07, 6.45) is 4.07. The van der Waals surface area contributed by atoms with E-state index in [1.54, 1.807) is 7.11 Å². The van der Waals surface area contributed by atoms with E-state index in [4.69, 9.17) is 4.74 Å². The number of rotatable bonds is 5. The highest BCUT2D eigenvalue weighted by Gasteiger charge is 2.31. The van der Waals surface area contributed by atoms with Crippen molar-refractivity contribution in [2.24, 2.45) is 0 Å². The first-order valence-corrected chi connectivity index (χ1v) is 9.98. The summed E-state index contributed by atoms with van der Waals surface area (Å²) in [7, 11) is 1.67. The topological polar surface area (TPSA) is 41.6 Å². The number of nitrogens with one attached hydrogen (secondary N) is 1. The zero-order valence-electron chi connectivity index (χ0n) is 16.0. The van der Waals surface area contributed by atoms with Gasteiger partial charge in [-0.25, -0.2) is 0 Å². The third kappa shape index (κ3) is 3.86. The van der Waals surface area contributed by atoms with Crippen LogP contribution in [0.3, 0.4) is 0 Å². The number of anilines is 1. The summed E-state index contributed by atoms with van der Waals surface area (Å²) in [6.45, 7) is 2.48. The molecule has 2 aliphatic rings. The average molecular weight is 364 g/mol. The van der Waals surface area contributed by atoms with Crippen LogP contribution in [0.25, 0.3) is 0 Å². The summed E-state index contributed by atoms with van der Waals surface area (Å²) in [5.74, 6) is 1.55. The number of carbonyl (C=O) groups is 1. The fraction of sp³-hybridized carbons (Fsp3) is 0.435. The van der Waals surface area contributed by atoms with Gasteiger partial charge in [-0.1, -0.05) is 24.3 Å². The third-order valence-corrected chi connectivity index (χ3v) is 5.96. The van der Waals surface area contributed by atoms with Crippen LogP contribution in [-0.4, -0.2) is 38.6 Å². The lowest BCUT2D eigenvalue weighted by atomic mass is 9.79. The van der Waals surface area contributed by atoms with Crippen LogP contribution in [-0.2, 0) is 11.2 Å². The molecule has 27 heavy (non-hydrogen) atoms. The number of benzene rings is 2. The maximum atomic E-state index is 13.3. The average Bonchev–Trinajstić information content (AvgIpc) is 2.74. The molecule has 2 atom stereocenters. The number of ether oxygens (including phenoxy) is 1. The molecule has 4 nitrogen and oxygen atoms in total. The van der Waals surface area contributed by atoms with Gasteiger partial charge in [-0.15, -0.1) is 0 Å². The van der Waals surface area contributed by atoms with Crippen molar-refractivity contribution in [3.63, 3.8) is 0 Å². The Bertz CT molecular complexity index is 787. The van der Waals surface area contributed by atoms with E-state index in [0.29, 0.717) is 18.1 Å². The SMILES string of the molecule is COc1ccc(N2CCNCC2C(=O)CC2CCCc3ccccc32)cc1. The van der Waals surface area contributed by atoms with Gasteiger partial charge in [-0.2, -0.15) is 0 Å². The monoisotopic (exact) mass is 364 g/mol. The predicted octanol–water partition coefficient (Wildman–Crippen LogP) is 3.55. The van der Waals surface area contributed by atoms with E-state index in [0.717, 1.165) is 43.9 Å². The van der Waals surface area contributed by atoms with Crippen LogP contribution < -0.4 is 15.0 Å². The second-order valence-corrected chi connectivity index (χ2v) is 7.57. The van der Waals surface area contributed by atoms with Crippen LogP contribution >= 0.6 is 0 Å². The smallest absolute Gasteiger partial charge is 0.157 e. The van der Waals surface area contributed by atoms with Crippen LogP contribution in [0, 0.1) is 0 Å². The summed E-state index contributed by atoms with van der Waals surface area (Å²) in [6, 6.07) is 16.6. The molecule has 4 rings (SSSR count). The molecular weight excluding hydrogens is 336 g/mol. The molecule has 0 bridgehead atoms. The minimum atomic E-state index is -0.0961. The summed E-state index contributed by atoms with van der Waals surface area (Å²) in [5, 5.41) is 3.41. The lowest BCUT2D eigenvalue weighted by Gasteiger charge is -2.38. The lowest BCUT2D eigenvalue weighted by Crippen LogP contribution is -2.55. The first-order chi connectivity index (χ1) is 13.3. The number of methoxy groups -OCH3 is 1. The van der Waals surface area contributed by atoms with Gasteiger partial charge in [-0.05, 0) is 60.6 Å². The van der Waals surface area contributed by atoms with E-state index >= 15 is 0 Å². The molecule has 2 unspecified atom stereocenters. The molecule has 1 saturated heterocycles. The predicted molar refractivity (Wildman–Crippen MR) is 109 cm³/mol. The van der Waals surface area contributed by atoms with Gasteiger partial charge in [0.1, 0.15) is 11.8 Å². The van der Waals surface area contributed by atoms with Gasteiger partial charge in [0.15, 0.2) is 5.78 Å². The normalized spacial score (nSPS) is 22.2. The van der Waals surface area contributed by atoms with Crippen LogP contribution in [0.5, 0.6) is 5.75 Å². The van der Waals surface area contributed by atoms with Crippen molar-refractivity contribution in [1.29, 1.82) is 0 Å². The number of carbonyl (C=O) groups excluding carboxylic acids is 1. The number of piperazine rings is 1. The first-order valence-electron chi connectivity index (χ1n) is 9.98. The van der Waals surface area contributed by atoms with E-state index in [-0.39, 0.29) is 6.04 Å². The van der Waals surface area contributed by atoms with Gasteiger partial charge in [-0.3, -0.25) is 4.79 Å². The Kier molecular flexibility index (Phi) is 5.44. The van der Waals surface area contributed by atoms with Crippen molar-refractivity contribution in [2.75, 3.05) is 31.6 Å². The van der Waals surface area contributed by atoms with Gasteiger partial charge >= 0.3 is 0 Å². The minimum absolute atomic E-state index is 0.0961. The summed E-state index contributed by atoms with van der Waals surface area (Å²) >= 11 is 0. The van der Waals surface area contributed by atoms with Gasteiger partial charge in [0, 0.05) is 31.7 Å².